The van der Waals surface area contributed by atoms with Crippen LogP contribution in [0.4, 0.5) is 0 Å². The molecule has 0 aliphatic heterocycles. The molecule has 0 radical (unpaired) electrons. The van der Waals surface area contributed by atoms with Crippen molar-refractivity contribution in [2.24, 2.45) is 41.4 Å². The Bertz CT molecular complexity index is 192. The Morgan fingerprint density at radius 1 is 0.857 bits per heavy atom. The molecule has 0 aromatic carbocycles. The van der Waals surface area contributed by atoms with Crippen LogP contribution in [-0.2, 0) is 0 Å². The molecule has 2 saturated carbocycles. The molecule has 2 rings (SSSR count). The van der Waals surface area contributed by atoms with Gasteiger partial charge in [0, 0.05) is 0 Å². The summed E-state index contributed by atoms with van der Waals surface area (Å²) in [5.41, 5.74) is 0. The third kappa shape index (κ3) is 1.42. The molecule has 0 spiro atoms. The lowest BCUT2D eigenvalue weighted by Crippen LogP contribution is -2.20. The van der Waals surface area contributed by atoms with E-state index >= 15 is 0 Å². The van der Waals surface area contributed by atoms with Crippen LogP contribution < -0.4 is 0 Å². The lowest BCUT2D eigenvalue weighted by atomic mass is 9.79. The van der Waals surface area contributed by atoms with E-state index in [2.05, 4.69) is 34.6 Å². The third-order valence-corrected chi connectivity index (χ3v) is 5.11. The molecule has 2 aliphatic rings. The summed E-state index contributed by atoms with van der Waals surface area (Å²) in [6, 6.07) is 0. The molecular formula is C14H26. The first-order chi connectivity index (χ1) is 6.63. The minimum Gasteiger partial charge on any atom is -0.0651 e. The summed E-state index contributed by atoms with van der Waals surface area (Å²) >= 11 is 0. The van der Waals surface area contributed by atoms with E-state index in [0.29, 0.717) is 0 Å². The highest BCUT2D eigenvalue weighted by Gasteiger charge is 2.74. The van der Waals surface area contributed by atoms with Crippen molar-refractivity contribution in [2.75, 3.05) is 0 Å². The maximum Gasteiger partial charge on any atom is -0.0313 e. The average molecular weight is 194 g/mol. The van der Waals surface area contributed by atoms with Crippen LogP contribution in [0.3, 0.4) is 0 Å². The molecule has 2 aliphatic carbocycles. The number of fused-ring (bicyclic) bond motifs is 1. The maximum absolute atomic E-state index is 2.51. The molecule has 3 atom stereocenters. The normalized spacial score (nSPS) is 41.4. The Morgan fingerprint density at radius 3 is 1.71 bits per heavy atom. The van der Waals surface area contributed by atoms with E-state index in [-0.39, 0.29) is 0 Å². The van der Waals surface area contributed by atoms with E-state index < -0.39 is 0 Å². The first-order valence-corrected chi connectivity index (χ1v) is 6.63. The van der Waals surface area contributed by atoms with Crippen molar-refractivity contribution in [3.05, 3.63) is 0 Å². The van der Waals surface area contributed by atoms with Crippen molar-refractivity contribution < 1.29 is 0 Å². The van der Waals surface area contributed by atoms with Gasteiger partial charge in [0.25, 0.3) is 0 Å². The summed E-state index contributed by atoms with van der Waals surface area (Å²) in [6.45, 7) is 12.0. The quantitative estimate of drug-likeness (QED) is 0.615. The molecule has 0 bridgehead atoms. The van der Waals surface area contributed by atoms with Crippen LogP contribution in [0, 0.1) is 41.4 Å². The minimum atomic E-state index is 0.954. The fraction of sp³-hybridized carbons (Fsp3) is 1.00. The van der Waals surface area contributed by atoms with Crippen LogP contribution in [0.25, 0.3) is 0 Å². The van der Waals surface area contributed by atoms with Crippen LogP contribution >= 0.6 is 0 Å². The van der Waals surface area contributed by atoms with E-state index in [1.165, 1.54) is 12.8 Å². The standard InChI is InChI=1S/C14H26/c1-6-10(7-2)9(5)12-13-11(8(3)4)14(12)13/h8-14H,6-7H2,1-5H3. The molecule has 0 heterocycles. The highest BCUT2D eigenvalue weighted by Crippen LogP contribution is 2.78. The summed E-state index contributed by atoms with van der Waals surface area (Å²) in [6.07, 6.45) is 2.78. The van der Waals surface area contributed by atoms with Gasteiger partial charge >= 0.3 is 0 Å². The van der Waals surface area contributed by atoms with Crippen LogP contribution in [0.5, 0.6) is 0 Å². The van der Waals surface area contributed by atoms with Gasteiger partial charge in [-0.2, -0.15) is 0 Å². The molecule has 3 unspecified atom stereocenters. The van der Waals surface area contributed by atoms with Crippen LogP contribution in [0.2, 0.25) is 0 Å². The minimum absolute atomic E-state index is 0.954. The topological polar surface area (TPSA) is 0 Å². The molecular weight excluding hydrogens is 168 g/mol. The van der Waals surface area contributed by atoms with E-state index in [9.17, 15) is 0 Å². The Labute approximate surface area is 89.5 Å². The van der Waals surface area contributed by atoms with Gasteiger partial charge in [0.05, 0.1) is 0 Å². The summed E-state index contributed by atoms with van der Waals surface area (Å²) in [7, 11) is 0. The van der Waals surface area contributed by atoms with Gasteiger partial charge in [-0.05, 0) is 41.4 Å². The van der Waals surface area contributed by atoms with Crippen molar-refractivity contribution >= 4 is 0 Å². The highest BCUT2D eigenvalue weighted by atomic mass is 14.8. The fourth-order valence-corrected chi connectivity index (χ4v) is 4.07. The molecule has 82 valence electrons. The van der Waals surface area contributed by atoms with Crippen LogP contribution in [0.1, 0.15) is 47.5 Å². The SMILES string of the molecule is CCC(CC)C(C)C1C2C(C(C)C)C12. The second-order valence-electron chi connectivity index (χ2n) is 5.99. The zero-order valence-corrected chi connectivity index (χ0v) is 10.5. The highest BCUT2D eigenvalue weighted by molar-refractivity contribution is 5.21. The fourth-order valence-electron chi connectivity index (χ4n) is 4.07. The monoisotopic (exact) mass is 194 g/mol. The first-order valence-electron chi connectivity index (χ1n) is 6.63. The van der Waals surface area contributed by atoms with E-state index in [0.717, 1.165) is 41.4 Å². The van der Waals surface area contributed by atoms with Gasteiger partial charge < -0.3 is 0 Å². The Kier molecular flexibility index (Phi) is 2.66. The van der Waals surface area contributed by atoms with Gasteiger partial charge in [-0.15, -0.1) is 0 Å². The average Bonchev–Trinajstić information content (AvgIpc) is 2.92. The molecule has 0 heteroatoms. The van der Waals surface area contributed by atoms with Crippen LogP contribution in [0.15, 0.2) is 0 Å². The van der Waals surface area contributed by atoms with Crippen molar-refractivity contribution in [1.82, 2.24) is 0 Å². The second-order valence-corrected chi connectivity index (χ2v) is 5.99. The molecule has 0 nitrogen and oxygen atoms in total. The maximum atomic E-state index is 2.51. The van der Waals surface area contributed by atoms with Gasteiger partial charge in [-0.1, -0.05) is 47.5 Å². The lowest BCUT2D eigenvalue weighted by Gasteiger charge is -2.26. The Hall–Kier alpha value is 0. The number of rotatable bonds is 5. The smallest absolute Gasteiger partial charge is 0.0313 e. The second kappa shape index (κ2) is 3.54. The predicted octanol–water partition coefficient (Wildman–Crippen LogP) is 4.21. The molecule has 0 N–H and O–H groups in total. The number of hydrogen-bond donors (Lipinski definition) is 0. The van der Waals surface area contributed by atoms with Gasteiger partial charge in [-0.3, -0.25) is 0 Å². The van der Waals surface area contributed by atoms with Gasteiger partial charge in [0.1, 0.15) is 0 Å². The summed E-state index contributed by atoms with van der Waals surface area (Å²) < 4.78 is 0. The van der Waals surface area contributed by atoms with E-state index in [1.807, 2.05) is 0 Å². The Morgan fingerprint density at radius 2 is 1.36 bits per heavy atom. The van der Waals surface area contributed by atoms with E-state index in [4.69, 9.17) is 0 Å². The number of hydrogen-bond acceptors (Lipinski definition) is 0. The molecule has 0 amide bonds. The predicted molar refractivity (Wildman–Crippen MR) is 62.0 cm³/mol. The zero-order chi connectivity index (χ0) is 10.5. The molecule has 0 saturated heterocycles. The van der Waals surface area contributed by atoms with Crippen LogP contribution in [-0.4, -0.2) is 0 Å². The van der Waals surface area contributed by atoms with Gasteiger partial charge in [0.2, 0.25) is 0 Å². The molecule has 2 fully saturated rings. The zero-order valence-electron chi connectivity index (χ0n) is 10.5. The summed E-state index contributed by atoms with van der Waals surface area (Å²) in [4.78, 5) is 0. The van der Waals surface area contributed by atoms with Gasteiger partial charge in [-0.25, -0.2) is 0 Å². The van der Waals surface area contributed by atoms with E-state index in [1.54, 1.807) is 0 Å². The Balaban J connectivity index is 1.79. The molecule has 0 aromatic heterocycles. The van der Waals surface area contributed by atoms with Crippen molar-refractivity contribution in [1.29, 1.82) is 0 Å². The molecule has 0 aromatic rings. The summed E-state index contributed by atoms with van der Waals surface area (Å²) in [5, 5.41) is 0. The largest absolute Gasteiger partial charge is 0.0651 e. The first kappa shape index (κ1) is 10.5. The van der Waals surface area contributed by atoms with Crippen molar-refractivity contribution in [3.8, 4) is 0 Å². The van der Waals surface area contributed by atoms with Crippen molar-refractivity contribution in [2.45, 2.75) is 47.5 Å². The van der Waals surface area contributed by atoms with Gasteiger partial charge in [0.15, 0.2) is 0 Å². The molecule has 14 heavy (non-hydrogen) atoms. The lowest BCUT2D eigenvalue weighted by molar-refractivity contribution is 0.222. The third-order valence-electron chi connectivity index (χ3n) is 5.11. The van der Waals surface area contributed by atoms with Crippen molar-refractivity contribution in [3.63, 3.8) is 0 Å². The summed E-state index contributed by atoms with van der Waals surface area (Å²) in [5.74, 6) is 7.53.